The summed E-state index contributed by atoms with van der Waals surface area (Å²) in [5.41, 5.74) is 0.676. The SMILES string of the molecule is Cc1cc(C(=O)NC2CCCCC2CO)c(Cl)cc1F. The van der Waals surface area contributed by atoms with E-state index in [0.717, 1.165) is 31.7 Å². The summed E-state index contributed by atoms with van der Waals surface area (Å²) >= 11 is 5.93. The number of rotatable bonds is 3. The lowest BCUT2D eigenvalue weighted by Gasteiger charge is -2.31. The largest absolute Gasteiger partial charge is 0.396 e. The molecule has 0 radical (unpaired) electrons. The minimum atomic E-state index is -0.419. The highest BCUT2D eigenvalue weighted by molar-refractivity contribution is 6.33. The number of aliphatic hydroxyl groups is 1. The van der Waals surface area contributed by atoms with E-state index in [-0.39, 0.29) is 35.1 Å². The topological polar surface area (TPSA) is 49.3 Å². The van der Waals surface area contributed by atoms with Crippen LogP contribution in [0.1, 0.15) is 41.6 Å². The van der Waals surface area contributed by atoms with E-state index < -0.39 is 5.82 Å². The second-order valence-corrected chi connectivity index (χ2v) is 5.80. The zero-order valence-corrected chi connectivity index (χ0v) is 12.2. The molecule has 1 aliphatic rings. The van der Waals surface area contributed by atoms with E-state index in [1.165, 1.54) is 6.07 Å². The molecule has 2 unspecified atom stereocenters. The lowest BCUT2D eigenvalue weighted by molar-refractivity contribution is 0.0872. The average molecular weight is 300 g/mol. The van der Waals surface area contributed by atoms with E-state index in [2.05, 4.69) is 5.32 Å². The summed E-state index contributed by atoms with van der Waals surface area (Å²) in [6.45, 7) is 1.67. The van der Waals surface area contributed by atoms with Gasteiger partial charge >= 0.3 is 0 Å². The molecule has 2 atom stereocenters. The highest BCUT2D eigenvalue weighted by Gasteiger charge is 2.26. The molecule has 3 nitrogen and oxygen atoms in total. The number of carbonyl (C=O) groups is 1. The van der Waals surface area contributed by atoms with E-state index in [4.69, 9.17) is 11.6 Å². The maximum atomic E-state index is 13.3. The van der Waals surface area contributed by atoms with Gasteiger partial charge in [-0.05, 0) is 37.5 Å². The van der Waals surface area contributed by atoms with Gasteiger partial charge in [-0.15, -0.1) is 0 Å². The maximum Gasteiger partial charge on any atom is 0.253 e. The monoisotopic (exact) mass is 299 g/mol. The first-order valence-electron chi connectivity index (χ1n) is 6.90. The van der Waals surface area contributed by atoms with Crippen molar-refractivity contribution >= 4 is 17.5 Å². The predicted molar refractivity (Wildman–Crippen MR) is 76.4 cm³/mol. The molecule has 2 N–H and O–H groups in total. The third kappa shape index (κ3) is 3.30. The van der Waals surface area contributed by atoms with Crippen LogP contribution in [0.15, 0.2) is 12.1 Å². The van der Waals surface area contributed by atoms with Gasteiger partial charge in [0.05, 0.1) is 10.6 Å². The molecule has 0 spiro atoms. The van der Waals surface area contributed by atoms with Crippen molar-refractivity contribution in [3.8, 4) is 0 Å². The van der Waals surface area contributed by atoms with E-state index in [9.17, 15) is 14.3 Å². The van der Waals surface area contributed by atoms with Crippen LogP contribution in [0.5, 0.6) is 0 Å². The van der Waals surface area contributed by atoms with Crippen molar-refractivity contribution in [1.29, 1.82) is 0 Å². The van der Waals surface area contributed by atoms with Crippen LogP contribution in [0.2, 0.25) is 5.02 Å². The number of nitrogens with one attached hydrogen (secondary N) is 1. The minimum Gasteiger partial charge on any atom is -0.396 e. The Labute approximate surface area is 123 Å². The van der Waals surface area contributed by atoms with Crippen LogP contribution in [0.3, 0.4) is 0 Å². The summed E-state index contributed by atoms with van der Waals surface area (Å²) in [5.74, 6) is -0.631. The first-order valence-corrected chi connectivity index (χ1v) is 7.28. The Morgan fingerprint density at radius 2 is 2.15 bits per heavy atom. The Bertz CT molecular complexity index is 507. The molecule has 0 heterocycles. The van der Waals surface area contributed by atoms with Gasteiger partial charge in [0.1, 0.15) is 5.82 Å². The van der Waals surface area contributed by atoms with Crippen molar-refractivity contribution < 1.29 is 14.3 Å². The summed E-state index contributed by atoms with van der Waals surface area (Å²) in [5, 5.41) is 12.4. The zero-order chi connectivity index (χ0) is 14.7. The average Bonchev–Trinajstić information content (AvgIpc) is 2.43. The zero-order valence-electron chi connectivity index (χ0n) is 11.5. The Kier molecular flexibility index (Phi) is 5.00. The van der Waals surface area contributed by atoms with Crippen LogP contribution in [0.25, 0.3) is 0 Å². The number of benzene rings is 1. The van der Waals surface area contributed by atoms with Gasteiger partial charge in [0, 0.05) is 18.6 Å². The number of aliphatic hydroxyl groups excluding tert-OH is 1. The van der Waals surface area contributed by atoms with Gasteiger partial charge in [-0.3, -0.25) is 4.79 Å². The van der Waals surface area contributed by atoms with Crippen LogP contribution in [0, 0.1) is 18.7 Å². The summed E-state index contributed by atoms with van der Waals surface area (Å²) in [6, 6.07) is 2.59. The fourth-order valence-electron chi connectivity index (χ4n) is 2.69. The highest BCUT2D eigenvalue weighted by atomic mass is 35.5. The molecule has 110 valence electrons. The molecule has 1 aromatic carbocycles. The molecule has 0 saturated heterocycles. The highest BCUT2D eigenvalue weighted by Crippen LogP contribution is 2.25. The molecule has 0 aliphatic heterocycles. The molecule has 0 aromatic heterocycles. The fourth-order valence-corrected chi connectivity index (χ4v) is 2.93. The number of aryl methyl sites for hydroxylation is 1. The standard InChI is InChI=1S/C15H19ClFNO2/c1-9-6-11(12(16)7-13(9)17)15(20)18-14-5-3-2-4-10(14)8-19/h6-7,10,14,19H,2-5,8H2,1H3,(H,18,20). The van der Waals surface area contributed by atoms with Crippen LogP contribution in [0.4, 0.5) is 4.39 Å². The number of carbonyl (C=O) groups excluding carboxylic acids is 1. The Morgan fingerprint density at radius 3 is 2.85 bits per heavy atom. The second-order valence-electron chi connectivity index (χ2n) is 5.39. The van der Waals surface area contributed by atoms with Gasteiger partial charge in [-0.2, -0.15) is 0 Å². The molecule has 1 aromatic rings. The van der Waals surface area contributed by atoms with Crippen molar-refractivity contribution in [3.63, 3.8) is 0 Å². The molecule has 5 heteroatoms. The third-order valence-electron chi connectivity index (χ3n) is 3.95. The Morgan fingerprint density at radius 1 is 1.45 bits per heavy atom. The van der Waals surface area contributed by atoms with E-state index in [0.29, 0.717) is 5.56 Å². The predicted octanol–water partition coefficient (Wildman–Crippen LogP) is 3.07. The van der Waals surface area contributed by atoms with E-state index >= 15 is 0 Å². The number of hydrogen-bond acceptors (Lipinski definition) is 2. The van der Waals surface area contributed by atoms with Crippen molar-refractivity contribution in [2.24, 2.45) is 5.92 Å². The molecular weight excluding hydrogens is 281 g/mol. The molecule has 0 bridgehead atoms. The molecule has 1 amide bonds. The molecule has 1 fully saturated rings. The summed E-state index contributed by atoms with van der Waals surface area (Å²) in [4.78, 5) is 12.3. The number of amides is 1. The van der Waals surface area contributed by atoms with Crippen molar-refractivity contribution in [1.82, 2.24) is 5.32 Å². The van der Waals surface area contributed by atoms with Crippen LogP contribution in [-0.2, 0) is 0 Å². The number of hydrogen-bond donors (Lipinski definition) is 2. The molecule has 1 aliphatic carbocycles. The first-order chi connectivity index (χ1) is 9.52. The van der Waals surface area contributed by atoms with Crippen molar-refractivity contribution in [3.05, 3.63) is 34.1 Å². The summed E-state index contributed by atoms with van der Waals surface area (Å²) in [7, 11) is 0. The maximum absolute atomic E-state index is 13.3. The minimum absolute atomic E-state index is 0.0392. The quantitative estimate of drug-likeness (QED) is 0.901. The lowest BCUT2D eigenvalue weighted by Crippen LogP contribution is -2.43. The van der Waals surface area contributed by atoms with Gasteiger partial charge in [-0.25, -0.2) is 4.39 Å². The van der Waals surface area contributed by atoms with Gasteiger partial charge in [0.2, 0.25) is 0 Å². The normalized spacial score (nSPS) is 22.6. The summed E-state index contributed by atoms with van der Waals surface area (Å²) in [6.07, 6.45) is 3.89. The van der Waals surface area contributed by atoms with Gasteiger partial charge in [0.15, 0.2) is 0 Å². The Hall–Kier alpha value is -1.13. The molecular formula is C15H19ClFNO2. The van der Waals surface area contributed by atoms with Gasteiger partial charge < -0.3 is 10.4 Å². The van der Waals surface area contributed by atoms with Gasteiger partial charge in [-0.1, -0.05) is 24.4 Å². The first kappa shape index (κ1) is 15.3. The smallest absolute Gasteiger partial charge is 0.253 e. The van der Waals surface area contributed by atoms with Crippen LogP contribution >= 0.6 is 11.6 Å². The van der Waals surface area contributed by atoms with Crippen LogP contribution in [-0.4, -0.2) is 23.7 Å². The lowest BCUT2D eigenvalue weighted by atomic mass is 9.85. The second kappa shape index (κ2) is 6.55. The van der Waals surface area contributed by atoms with E-state index in [1.807, 2.05) is 0 Å². The van der Waals surface area contributed by atoms with E-state index in [1.54, 1.807) is 6.92 Å². The van der Waals surface area contributed by atoms with Crippen LogP contribution < -0.4 is 5.32 Å². The van der Waals surface area contributed by atoms with Gasteiger partial charge in [0.25, 0.3) is 5.91 Å². The summed E-state index contributed by atoms with van der Waals surface area (Å²) < 4.78 is 13.3. The molecule has 1 saturated carbocycles. The fraction of sp³-hybridized carbons (Fsp3) is 0.533. The number of halogens is 2. The van der Waals surface area contributed by atoms with Crippen molar-refractivity contribution in [2.75, 3.05) is 6.61 Å². The third-order valence-corrected chi connectivity index (χ3v) is 4.27. The Balaban J connectivity index is 2.13. The molecule has 20 heavy (non-hydrogen) atoms. The molecule has 2 rings (SSSR count). The van der Waals surface area contributed by atoms with Crippen molar-refractivity contribution in [2.45, 2.75) is 38.6 Å².